The Kier molecular flexibility index (Phi) is 3.94. The largest absolute Gasteiger partial charge is 0.465 e. The van der Waals surface area contributed by atoms with E-state index in [1.807, 2.05) is 53.1 Å². The van der Waals surface area contributed by atoms with E-state index in [4.69, 9.17) is 4.74 Å². The van der Waals surface area contributed by atoms with Crippen LogP contribution in [0.4, 0.5) is 0 Å². The summed E-state index contributed by atoms with van der Waals surface area (Å²) >= 11 is 1.40. The van der Waals surface area contributed by atoms with E-state index in [0.717, 1.165) is 22.3 Å². The molecule has 0 unspecified atom stereocenters. The number of benzene rings is 2. The minimum absolute atomic E-state index is 0.185. The average Bonchev–Trinajstić information content (AvgIpc) is 3.41. The highest BCUT2D eigenvalue weighted by atomic mass is 32.2. The molecule has 1 N–H and O–H groups in total. The summed E-state index contributed by atoms with van der Waals surface area (Å²) in [6.07, 6.45) is 0.687. The minimum Gasteiger partial charge on any atom is -0.465 e. The summed E-state index contributed by atoms with van der Waals surface area (Å²) in [5, 5.41) is 10.4. The number of para-hydroxylation sites is 2. The van der Waals surface area contributed by atoms with Crippen LogP contribution in [0.1, 0.15) is 6.42 Å². The zero-order chi connectivity index (χ0) is 18.2. The number of fused-ring (bicyclic) bond motifs is 1. The molecular formula is C20H16N4O2S. The zero-order valence-corrected chi connectivity index (χ0v) is 15.1. The van der Waals surface area contributed by atoms with Gasteiger partial charge in [-0.3, -0.25) is 9.36 Å². The minimum atomic E-state index is -0.243. The third-order valence-electron chi connectivity index (χ3n) is 4.55. The molecule has 5 rings (SSSR count). The molecular weight excluding hydrogens is 360 g/mol. The number of nitrogens with zero attached hydrogens (tertiary/aromatic N) is 3. The first-order valence-electron chi connectivity index (χ1n) is 8.72. The number of rotatable bonds is 4. The molecule has 2 aromatic carbocycles. The van der Waals surface area contributed by atoms with Gasteiger partial charge >= 0.3 is 5.97 Å². The van der Waals surface area contributed by atoms with Gasteiger partial charge in [0.15, 0.2) is 11.0 Å². The maximum atomic E-state index is 11.9. The smallest absolute Gasteiger partial charge is 0.319 e. The van der Waals surface area contributed by atoms with Crippen molar-refractivity contribution in [3.8, 4) is 17.2 Å². The molecule has 1 atom stereocenters. The summed E-state index contributed by atoms with van der Waals surface area (Å²) in [6.45, 7) is 0.463. The van der Waals surface area contributed by atoms with E-state index >= 15 is 0 Å². The number of aromatic nitrogens is 4. The Morgan fingerprint density at radius 1 is 1.07 bits per heavy atom. The van der Waals surface area contributed by atoms with Crippen LogP contribution >= 0.6 is 11.8 Å². The molecule has 0 saturated carbocycles. The fraction of sp³-hybridized carbons (Fsp3) is 0.150. The summed E-state index contributed by atoms with van der Waals surface area (Å²) < 4.78 is 7.08. The Hall–Kier alpha value is -3.06. The Morgan fingerprint density at radius 3 is 2.67 bits per heavy atom. The lowest BCUT2D eigenvalue weighted by Gasteiger charge is -2.10. The Bertz CT molecular complexity index is 1090. The van der Waals surface area contributed by atoms with E-state index in [1.165, 1.54) is 11.8 Å². The topological polar surface area (TPSA) is 72.8 Å². The van der Waals surface area contributed by atoms with Crippen molar-refractivity contribution in [2.75, 3.05) is 6.61 Å². The third kappa shape index (κ3) is 2.90. The van der Waals surface area contributed by atoms with Crippen LogP contribution in [0.15, 0.2) is 65.8 Å². The van der Waals surface area contributed by atoms with E-state index in [0.29, 0.717) is 24.0 Å². The number of aromatic amines is 1. The van der Waals surface area contributed by atoms with Crippen molar-refractivity contribution in [2.45, 2.75) is 16.8 Å². The summed E-state index contributed by atoms with van der Waals surface area (Å²) in [5.41, 5.74) is 2.88. The van der Waals surface area contributed by atoms with E-state index in [9.17, 15) is 4.79 Å². The average molecular weight is 376 g/mol. The van der Waals surface area contributed by atoms with Crippen molar-refractivity contribution < 1.29 is 9.53 Å². The van der Waals surface area contributed by atoms with Crippen LogP contribution in [-0.2, 0) is 9.53 Å². The molecule has 6 nitrogen and oxygen atoms in total. The lowest BCUT2D eigenvalue weighted by Crippen LogP contribution is -2.11. The van der Waals surface area contributed by atoms with Gasteiger partial charge in [-0.2, -0.15) is 0 Å². The molecule has 1 saturated heterocycles. The molecule has 1 fully saturated rings. The second kappa shape index (κ2) is 6.59. The van der Waals surface area contributed by atoms with Crippen LogP contribution in [0.25, 0.3) is 28.1 Å². The normalized spacial score (nSPS) is 16.7. The molecule has 27 heavy (non-hydrogen) atoms. The van der Waals surface area contributed by atoms with E-state index in [2.05, 4.69) is 27.3 Å². The number of esters is 1. The highest BCUT2D eigenvalue weighted by Gasteiger charge is 2.30. The summed E-state index contributed by atoms with van der Waals surface area (Å²) in [5.74, 6) is 0.529. The van der Waals surface area contributed by atoms with Crippen molar-refractivity contribution in [3.05, 3.63) is 60.7 Å². The predicted molar refractivity (Wildman–Crippen MR) is 104 cm³/mol. The van der Waals surface area contributed by atoms with Gasteiger partial charge in [0.1, 0.15) is 5.25 Å². The van der Waals surface area contributed by atoms with Crippen molar-refractivity contribution >= 4 is 28.6 Å². The fourth-order valence-electron chi connectivity index (χ4n) is 3.24. The maximum Gasteiger partial charge on any atom is 0.319 e. The molecule has 1 aliphatic rings. The van der Waals surface area contributed by atoms with Gasteiger partial charge in [-0.25, -0.2) is 0 Å². The standard InChI is InChI=1S/C20H16N4O2S/c25-19-17(10-11-26-19)27-20-23-22-18(24(20)14-7-2-1-3-8-14)16-12-13-6-4-5-9-15(13)21-16/h1-9,12,17,21H,10-11H2/t17-/m1/s1. The summed E-state index contributed by atoms with van der Waals surface area (Å²) in [4.78, 5) is 15.3. The molecule has 0 spiro atoms. The van der Waals surface area contributed by atoms with Crippen molar-refractivity contribution in [3.63, 3.8) is 0 Å². The molecule has 0 radical (unpaired) electrons. The Morgan fingerprint density at radius 2 is 1.89 bits per heavy atom. The van der Waals surface area contributed by atoms with Gasteiger partial charge in [-0.15, -0.1) is 10.2 Å². The quantitative estimate of drug-likeness (QED) is 0.548. The fourth-order valence-corrected chi connectivity index (χ4v) is 4.25. The highest BCUT2D eigenvalue weighted by molar-refractivity contribution is 8.00. The molecule has 134 valence electrons. The first-order valence-corrected chi connectivity index (χ1v) is 9.60. The number of H-pyrrole nitrogens is 1. The molecule has 0 bridgehead atoms. The number of ether oxygens (including phenoxy) is 1. The lowest BCUT2D eigenvalue weighted by atomic mass is 10.2. The number of nitrogens with one attached hydrogen (secondary N) is 1. The third-order valence-corrected chi connectivity index (χ3v) is 5.74. The SMILES string of the molecule is O=C1OCC[C@H]1Sc1nnc(-c2cc3ccccc3[nH]2)n1-c1ccccc1. The van der Waals surface area contributed by atoms with Crippen LogP contribution in [0.3, 0.4) is 0 Å². The summed E-state index contributed by atoms with van der Waals surface area (Å²) in [6, 6.07) is 20.1. The van der Waals surface area contributed by atoms with E-state index in [-0.39, 0.29) is 11.2 Å². The van der Waals surface area contributed by atoms with Gasteiger partial charge in [0.2, 0.25) is 0 Å². The number of hydrogen-bond acceptors (Lipinski definition) is 5. The van der Waals surface area contributed by atoms with Gasteiger partial charge in [0.05, 0.1) is 12.3 Å². The number of hydrogen-bond donors (Lipinski definition) is 1. The summed E-state index contributed by atoms with van der Waals surface area (Å²) in [7, 11) is 0. The van der Waals surface area contributed by atoms with Gasteiger partial charge in [0, 0.05) is 23.0 Å². The molecule has 2 aromatic heterocycles. The lowest BCUT2D eigenvalue weighted by molar-refractivity contribution is -0.137. The number of carbonyl (C=O) groups is 1. The first-order chi connectivity index (χ1) is 13.3. The van der Waals surface area contributed by atoms with Crippen molar-refractivity contribution in [1.82, 2.24) is 19.7 Å². The van der Waals surface area contributed by atoms with Crippen LogP contribution < -0.4 is 0 Å². The molecule has 3 heterocycles. The Balaban J connectivity index is 1.63. The molecule has 1 aliphatic heterocycles. The number of cyclic esters (lactones) is 1. The molecule has 4 aromatic rings. The van der Waals surface area contributed by atoms with Gasteiger partial charge in [-0.05, 0) is 24.3 Å². The monoisotopic (exact) mass is 376 g/mol. The number of thioether (sulfide) groups is 1. The van der Waals surface area contributed by atoms with Crippen molar-refractivity contribution in [2.24, 2.45) is 0 Å². The zero-order valence-electron chi connectivity index (χ0n) is 14.3. The second-order valence-electron chi connectivity index (χ2n) is 6.31. The van der Waals surface area contributed by atoms with Gasteiger partial charge in [-0.1, -0.05) is 48.2 Å². The van der Waals surface area contributed by atoms with Crippen LogP contribution in [-0.4, -0.2) is 37.6 Å². The first kappa shape index (κ1) is 16.1. The highest BCUT2D eigenvalue weighted by Crippen LogP contribution is 2.33. The molecule has 0 amide bonds. The van der Waals surface area contributed by atoms with Crippen LogP contribution in [0.2, 0.25) is 0 Å². The molecule has 0 aliphatic carbocycles. The van der Waals surface area contributed by atoms with Crippen LogP contribution in [0, 0.1) is 0 Å². The van der Waals surface area contributed by atoms with Gasteiger partial charge in [0.25, 0.3) is 0 Å². The van der Waals surface area contributed by atoms with E-state index in [1.54, 1.807) is 0 Å². The van der Waals surface area contributed by atoms with Crippen molar-refractivity contribution in [1.29, 1.82) is 0 Å². The van der Waals surface area contributed by atoms with Crippen LogP contribution in [0.5, 0.6) is 0 Å². The van der Waals surface area contributed by atoms with Gasteiger partial charge < -0.3 is 9.72 Å². The van der Waals surface area contributed by atoms with E-state index < -0.39 is 0 Å². The maximum absolute atomic E-state index is 11.9. The second-order valence-corrected chi connectivity index (χ2v) is 7.48. The predicted octanol–water partition coefficient (Wildman–Crippen LogP) is 3.82. The Labute approximate surface area is 159 Å². The molecule has 7 heteroatoms. The number of carbonyl (C=O) groups excluding carboxylic acids is 1.